The monoisotopic (exact) mass is 284 g/mol. The van der Waals surface area contributed by atoms with E-state index in [1.165, 1.54) is 0 Å². The van der Waals surface area contributed by atoms with Crippen molar-refractivity contribution in [2.24, 2.45) is 0 Å². The smallest absolute Gasteiger partial charge is 0.170 e. The highest BCUT2D eigenvalue weighted by Crippen LogP contribution is 2.27. The first kappa shape index (κ1) is 13.0. The second kappa shape index (κ2) is 5.17. The highest BCUT2D eigenvalue weighted by molar-refractivity contribution is 7.17. The summed E-state index contributed by atoms with van der Waals surface area (Å²) in [6.45, 7) is 1.67. The molecule has 3 aromatic rings. The molecule has 0 radical (unpaired) electrons. The van der Waals surface area contributed by atoms with Crippen molar-refractivity contribution in [1.82, 2.24) is 0 Å². The van der Waals surface area contributed by atoms with Crippen LogP contribution >= 0.6 is 11.3 Å². The van der Waals surface area contributed by atoms with Crippen molar-refractivity contribution in [3.8, 4) is 0 Å². The molecule has 0 saturated heterocycles. The molecule has 0 saturated carbocycles. The fourth-order valence-corrected chi connectivity index (χ4v) is 3.26. The molecule has 0 bridgehead atoms. The molecular weight excluding hydrogens is 271 g/mol. The van der Waals surface area contributed by atoms with E-state index in [-0.39, 0.29) is 17.8 Å². The first-order chi connectivity index (χ1) is 9.66. The number of fused-ring (bicyclic) bond motifs is 1. The SMILES string of the molecule is Cc1cccc(C(=O)Cc2csc3ccccc23)c1F. The zero-order chi connectivity index (χ0) is 14.1. The standard InChI is InChI=1S/C17H13FOS/c1-11-5-4-7-14(17(11)18)15(19)9-12-10-20-16-8-3-2-6-13(12)16/h2-8,10H,9H2,1H3. The Morgan fingerprint density at radius 3 is 2.80 bits per heavy atom. The molecule has 0 N–H and O–H groups in total. The Hall–Kier alpha value is -2.00. The third-order valence-corrected chi connectivity index (χ3v) is 4.42. The van der Waals surface area contributed by atoms with E-state index >= 15 is 0 Å². The Balaban J connectivity index is 1.95. The summed E-state index contributed by atoms with van der Waals surface area (Å²) in [6, 6.07) is 12.9. The maximum atomic E-state index is 14.0. The van der Waals surface area contributed by atoms with Gasteiger partial charge in [-0.15, -0.1) is 11.3 Å². The van der Waals surface area contributed by atoms with Crippen molar-refractivity contribution in [2.75, 3.05) is 0 Å². The molecule has 3 heteroatoms. The van der Waals surface area contributed by atoms with Gasteiger partial charge in [-0.3, -0.25) is 4.79 Å². The lowest BCUT2D eigenvalue weighted by Gasteiger charge is -2.04. The topological polar surface area (TPSA) is 17.1 Å². The van der Waals surface area contributed by atoms with Crippen molar-refractivity contribution in [3.05, 3.63) is 70.4 Å². The largest absolute Gasteiger partial charge is 0.294 e. The van der Waals surface area contributed by atoms with Crippen molar-refractivity contribution in [3.63, 3.8) is 0 Å². The van der Waals surface area contributed by atoms with Crippen LogP contribution in [-0.4, -0.2) is 5.78 Å². The summed E-state index contributed by atoms with van der Waals surface area (Å²) in [5.41, 5.74) is 1.66. The van der Waals surface area contributed by atoms with Crippen LogP contribution in [-0.2, 0) is 6.42 Å². The van der Waals surface area contributed by atoms with Crippen LogP contribution in [0.3, 0.4) is 0 Å². The van der Waals surface area contributed by atoms with Crippen LogP contribution in [0.15, 0.2) is 47.8 Å². The number of carbonyl (C=O) groups is 1. The lowest BCUT2D eigenvalue weighted by Crippen LogP contribution is -2.06. The molecule has 0 amide bonds. The van der Waals surface area contributed by atoms with E-state index in [2.05, 4.69) is 0 Å². The summed E-state index contributed by atoms with van der Waals surface area (Å²) in [5.74, 6) is -0.577. The van der Waals surface area contributed by atoms with Gasteiger partial charge in [-0.05, 0) is 40.9 Å². The quantitative estimate of drug-likeness (QED) is 0.633. The number of thiophene rings is 1. The van der Waals surface area contributed by atoms with E-state index in [0.29, 0.717) is 5.56 Å². The van der Waals surface area contributed by atoms with Gasteiger partial charge in [0.2, 0.25) is 0 Å². The predicted octanol–water partition coefficient (Wildman–Crippen LogP) is 4.77. The summed E-state index contributed by atoms with van der Waals surface area (Å²) in [4.78, 5) is 12.3. The van der Waals surface area contributed by atoms with Gasteiger partial charge in [-0.25, -0.2) is 4.39 Å². The number of Topliss-reactive ketones (excluding diaryl/α,β-unsaturated/α-hetero) is 1. The molecule has 0 aliphatic heterocycles. The van der Waals surface area contributed by atoms with Gasteiger partial charge >= 0.3 is 0 Å². The number of aryl methyl sites for hydroxylation is 1. The van der Waals surface area contributed by atoms with Crippen molar-refractivity contribution in [1.29, 1.82) is 0 Å². The zero-order valence-electron chi connectivity index (χ0n) is 11.0. The summed E-state index contributed by atoms with van der Waals surface area (Å²) < 4.78 is 15.1. The molecule has 20 heavy (non-hydrogen) atoms. The summed E-state index contributed by atoms with van der Waals surface area (Å²) in [6.07, 6.45) is 0.240. The van der Waals surface area contributed by atoms with Gasteiger partial charge in [-0.2, -0.15) is 0 Å². The van der Waals surface area contributed by atoms with E-state index in [9.17, 15) is 9.18 Å². The van der Waals surface area contributed by atoms with Crippen molar-refractivity contribution < 1.29 is 9.18 Å². The Morgan fingerprint density at radius 2 is 1.95 bits per heavy atom. The molecule has 1 nitrogen and oxygen atoms in total. The maximum absolute atomic E-state index is 14.0. The number of carbonyl (C=O) groups excluding carboxylic acids is 1. The van der Waals surface area contributed by atoms with Gasteiger partial charge in [0.15, 0.2) is 5.78 Å². The van der Waals surface area contributed by atoms with Crippen LogP contribution in [0.1, 0.15) is 21.5 Å². The summed E-state index contributed by atoms with van der Waals surface area (Å²) in [7, 11) is 0. The van der Waals surface area contributed by atoms with Gasteiger partial charge in [0.1, 0.15) is 5.82 Å². The van der Waals surface area contributed by atoms with E-state index in [4.69, 9.17) is 0 Å². The lowest BCUT2D eigenvalue weighted by atomic mass is 10.0. The first-order valence-electron chi connectivity index (χ1n) is 6.40. The Labute approximate surface area is 120 Å². The van der Waals surface area contributed by atoms with E-state index in [1.807, 2.05) is 29.6 Å². The van der Waals surface area contributed by atoms with Crippen molar-refractivity contribution in [2.45, 2.75) is 13.3 Å². The molecule has 3 rings (SSSR count). The van der Waals surface area contributed by atoms with Crippen LogP contribution in [0.4, 0.5) is 4.39 Å². The predicted molar refractivity (Wildman–Crippen MR) is 81.0 cm³/mol. The fraction of sp³-hybridized carbons (Fsp3) is 0.118. The minimum Gasteiger partial charge on any atom is -0.294 e. The van der Waals surface area contributed by atoms with Crippen molar-refractivity contribution >= 4 is 27.2 Å². The number of hydrogen-bond donors (Lipinski definition) is 0. The molecule has 0 spiro atoms. The third kappa shape index (κ3) is 2.25. The maximum Gasteiger partial charge on any atom is 0.170 e. The van der Waals surface area contributed by atoms with Crippen LogP contribution in [0, 0.1) is 12.7 Å². The Bertz CT molecular complexity index is 789. The molecule has 0 unspecified atom stereocenters. The summed E-state index contributed by atoms with van der Waals surface area (Å²) >= 11 is 1.61. The molecule has 2 aromatic carbocycles. The van der Waals surface area contributed by atoms with Gasteiger partial charge in [0.05, 0.1) is 5.56 Å². The number of ketones is 1. The first-order valence-corrected chi connectivity index (χ1v) is 7.28. The van der Waals surface area contributed by atoms with E-state index < -0.39 is 5.82 Å². The van der Waals surface area contributed by atoms with Crippen LogP contribution in [0.2, 0.25) is 0 Å². The highest BCUT2D eigenvalue weighted by atomic mass is 32.1. The number of rotatable bonds is 3. The number of benzene rings is 2. The zero-order valence-corrected chi connectivity index (χ0v) is 11.8. The highest BCUT2D eigenvalue weighted by Gasteiger charge is 2.15. The van der Waals surface area contributed by atoms with Crippen LogP contribution < -0.4 is 0 Å². The number of halogens is 1. The molecule has 0 aliphatic rings. The average Bonchev–Trinajstić information content (AvgIpc) is 2.85. The van der Waals surface area contributed by atoms with Crippen LogP contribution in [0.25, 0.3) is 10.1 Å². The molecule has 1 heterocycles. The second-order valence-corrected chi connectivity index (χ2v) is 5.70. The molecular formula is C17H13FOS. The Kier molecular flexibility index (Phi) is 3.36. The Morgan fingerprint density at radius 1 is 1.15 bits per heavy atom. The molecule has 1 aromatic heterocycles. The van der Waals surface area contributed by atoms with Gasteiger partial charge < -0.3 is 0 Å². The average molecular weight is 284 g/mol. The second-order valence-electron chi connectivity index (χ2n) is 4.79. The fourth-order valence-electron chi connectivity index (χ4n) is 2.30. The molecule has 0 fully saturated rings. The van der Waals surface area contributed by atoms with Crippen LogP contribution in [0.5, 0.6) is 0 Å². The van der Waals surface area contributed by atoms with E-state index in [1.54, 1.807) is 36.5 Å². The molecule has 0 aliphatic carbocycles. The minimum absolute atomic E-state index is 0.172. The molecule has 100 valence electrons. The molecule has 0 atom stereocenters. The summed E-state index contributed by atoms with van der Waals surface area (Å²) in [5, 5.41) is 3.06. The normalized spacial score (nSPS) is 10.9. The minimum atomic E-state index is -0.406. The third-order valence-electron chi connectivity index (χ3n) is 3.40. The number of hydrogen-bond acceptors (Lipinski definition) is 2. The van der Waals surface area contributed by atoms with Gasteiger partial charge in [0.25, 0.3) is 0 Å². The lowest BCUT2D eigenvalue weighted by molar-refractivity contribution is 0.0989. The van der Waals surface area contributed by atoms with Gasteiger partial charge in [0, 0.05) is 11.1 Å². The van der Waals surface area contributed by atoms with Gasteiger partial charge in [-0.1, -0.05) is 30.3 Å². The van der Waals surface area contributed by atoms with E-state index in [0.717, 1.165) is 15.6 Å².